The van der Waals surface area contributed by atoms with Crippen LogP contribution in [0.15, 0.2) is 70.9 Å². The van der Waals surface area contributed by atoms with E-state index in [1.165, 1.54) is 0 Å². The predicted molar refractivity (Wildman–Crippen MR) is 77.2 cm³/mol. The van der Waals surface area contributed by atoms with E-state index in [1.807, 2.05) is 60.7 Å². The van der Waals surface area contributed by atoms with E-state index in [0.29, 0.717) is 0 Å². The number of azo groups is 1. The fraction of sp³-hybridized carbons (Fsp3) is 0.0714. The van der Waals surface area contributed by atoms with Crippen molar-refractivity contribution in [2.45, 2.75) is 6.92 Å². The molecule has 0 heterocycles. The van der Waals surface area contributed by atoms with Crippen molar-refractivity contribution in [2.24, 2.45) is 10.2 Å². The fourth-order valence-corrected chi connectivity index (χ4v) is 1.10. The molecule has 108 valence electrons. The molecule has 0 aliphatic rings. The summed E-state index contributed by atoms with van der Waals surface area (Å²) in [5, 5.41) is 17.1. The van der Waals surface area contributed by atoms with Crippen LogP contribution >= 0.6 is 0 Å². The van der Waals surface area contributed by atoms with Crippen LogP contribution in [0.3, 0.4) is 0 Å². The van der Waals surface area contributed by atoms with Gasteiger partial charge in [-0.2, -0.15) is 10.2 Å². The molecule has 0 amide bonds. The number of carboxylic acids is 1. The summed E-state index contributed by atoms with van der Waals surface area (Å²) in [6.45, 7) is 0.972. The van der Waals surface area contributed by atoms with Crippen molar-refractivity contribution in [3.05, 3.63) is 71.1 Å². The molecule has 2 rings (SSSR count). The number of carbonyl (C=O) groups is 1. The molecule has 0 aliphatic heterocycles. The third kappa shape index (κ3) is 14.2. The Morgan fingerprint density at radius 3 is 1.45 bits per heavy atom. The molecule has 0 aromatic heterocycles. The number of hydrogen-bond donors (Lipinski definition) is 1. The summed E-state index contributed by atoms with van der Waals surface area (Å²) >= 11 is 0. The van der Waals surface area contributed by atoms with Gasteiger partial charge in [0, 0.05) is 5.97 Å². The van der Waals surface area contributed by atoms with Crippen molar-refractivity contribution < 1.29 is 39.5 Å². The minimum absolute atomic E-state index is 0. The zero-order valence-electron chi connectivity index (χ0n) is 12.4. The summed E-state index contributed by atoms with van der Waals surface area (Å²) in [6.07, 6.45) is 0. The van der Waals surface area contributed by atoms with Crippen LogP contribution in [0.2, 0.25) is 0 Å². The molecule has 2 aromatic carbocycles. The Morgan fingerprint density at radius 1 is 1.00 bits per heavy atom. The summed E-state index contributed by atoms with van der Waals surface area (Å²) < 4.78 is 0. The van der Waals surface area contributed by atoms with Crippen LogP contribution in [0.25, 0.3) is 10.4 Å². The minimum Gasteiger partial charge on any atom is -0.550 e. The molecular weight excluding hydrogens is 293 g/mol. The van der Waals surface area contributed by atoms with Crippen molar-refractivity contribution in [2.75, 3.05) is 0 Å². The molecule has 8 heteroatoms. The zero-order valence-corrected chi connectivity index (χ0v) is 14.4. The average Bonchev–Trinajstić information content (AvgIpc) is 2.48. The summed E-state index contributed by atoms with van der Waals surface area (Å²) in [4.78, 5) is 10.6. The number of carboxylic acid groups (broad SMARTS) is 1. The topological polar surface area (TPSA) is 125 Å². The van der Waals surface area contributed by atoms with Crippen LogP contribution in [0, 0.1) is 5.53 Å². The maximum absolute atomic E-state index is 8.89. The van der Waals surface area contributed by atoms with Crippen molar-refractivity contribution in [3.63, 3.8) is 0 Å². The Balaban J connectivity index is 0. The first-order chi connectivity index (χ1) is 10.1. The Morgan fingerprint density at radius 2 is 1.23 bits per heavy atom. The molecule has 2 aromatic rings. The van der Waals surface area contributed by atoms with Crippen molar-refractivity contribution in [1.29, 1.82) is 5.53 Å². The zero-order chi connectivity index (χ0) is 15.9. The third-order valence-corrected chi connectivity index (χ3v) is 1.79. The fourth-order valence-electron chi connectivity index (χ4n) is 1.10. The normalized spacial score (nSPS) is 8.23. The molecule has 0 saturated heterocycles. The van der Waals surface area contributed by atoms with Crippen LogP contribution in [0.1, 0.15) is 6.92 Å². The quantitative estimate of drug-likeness (QED) is 0.380. The summed E-state index contributed by atoms with van der Waals surface area (Å²) in [5.41, 5.74) is 14.0. The molecule has 0 fully saturated rings. The number of hydrogen-bond acceptors (Lipinski definition) is 5. The van der Waals surface area contributed by atoms with E-state index in [-0.39, 0.29) is 29.6 Å². The molecule has 0 saturated carbocycles. The van der Waals surface area contributed by atoms with Gasteiger partial charge in [-0.3, -0.25) is 0 Å². The van der Waals surface area contributed by atoms with Crippen LogP contribution in [-0.2, 0) is 4.79 Å². The second-order valence-corrected chi connectivity index (χ2v) is 3.46. The molecule has 0 aliphatic carbocycles. The molecule has 1 N–H and O–H groups in total. The maximum Gasteiger partial charge on any atom is 1.00 e. The van der Waals surface area contributed by atoms with Crippen LogP contribution < -0.4 is 34.7 Å². The van der Waals surface area contributed by atoms with E-state index in [4.69, 9.17) is 21.0 Å². The van der Waals surface area contributed by atoms with Gasteiger partial charge in [0.15, 0.2) is 0 Å². The second-order valence-electron chi connectivity index (χ2n) is 3.46. The molecule has 0 bridgehead atoms. The first-order valence-corrected chi connectivity index (χ1v) is 5.80. The third-order valence-electron chi connectivity index (χ3n) is 1.79. The number of nitrogens with zero attached hydrogens (tertiary/aromatic N) is 4. The number of aliphatic carboxylic acids is 1. The smallest absolute Gasteiger partial charge is 0.550 e. The van der Waals surface area contributed by atoms with Crippen molar-refractivity contribution >= 4 is 17.3 Å². The second kappa shape index (κ2) is 15.2. The van der Waals surface area contributed by atoms with Crippen LogP contribution in [0.5, 0.6) is 0 Å². The monoisotopic (exact) mass is 307 g/mol. The number of nitrogens with one attached hydrogen (secondary N) is 1. The Bertz CT molecular complexity index is 539. The maximum atomic E-state index is 8.89. The molecule has 0 unspecified atom stereocenters. The number of benzene rings is 2. The van der Waals surface area contributed by atoms with E-state index < -0.39 is 5.97 Å². The van der Waals surface area contributed by atoms with E-state index in [2.05, 4.69) is 10.2 Å². The summed E-state index contributed by atoms with van der Waals surface area (Å²) in [6, 6.07) is 19.4. The van der Waals surface area contributed by atoms with Crippen molar-refractivity contribution in [1.82, 2.24) is 0 Å². The molecular formula is C14H14N5NaO2. The summed E-state index contributed by atoms with van der Waals surface area (Å²) in [7, 11) is 0. The van der Waals surface area contributed by atoms with Gasteiger partial charge in [-0.05, 0) is 41.6 Å². The molecule has 0 radical (unpaired) electrons. The van der Waals surface area contributed by atoms with Gasteiger partial charge in [0.1, 0.15) is 0 Å². The Hall–Kier alpha value is -2.18. The first kappa shape index (κ1) is 22.1. The van der Waals surface area contributed by atoms with Gasteiger partial charge in [0.2, 0.25) is 0 Å². The molecule has 7 nitrogen and oxygen atoms in total. The van der Waals surface area contributed by atoms with Gasteiger partial charge in [-0.15, -0.1) is 5.53 Å². The standard InChI is InChI=1S/C12H10N2.C2H4O2.HN3.Na/c1-3-7-11(8-4-1)13-14-12-9-5-2-6-10-12;1-2(3)4;1-3-2;/h1-10H;1H3,(H,3,4);1H;/q;;;+1/p-1. The SMILES string of the molecule is CC(=O)[O-].[N-]=[N+]=N.[Na+].c1ccc(N=Nc2ccccc2)cc1. The Labute approximate surface area is 150 Å². The van der Waals surface area contributed by atoms with Gasteiger partial charge >= 0.3 is 29.6 Å². The molecule has 0 spiro atoms. The summed E-state index contributed by atoms with van der Waals surface area (Å²) in [5.74, 6) is -1.08. The van der Waals surface area contributed by atoms with E-state index >= 15 is 0 Å². The van der Waals surface area contributed by atoms with E-state index in [9.17, 15) is 0 Å². The van der Waals surface area contributed by atoms with Gasteiger partial charge in [0.25, 0.3) is 0 Å². The number of carbonyl (C=O) groups excluding carboxylic acids is 1. The van der Waals surface area contributed by atoms with Crippen LogP contribution in [-0.4, -0.2) is 5.97 Å². The molecule has 0 atom stereocenters. The van der Waals surface area contributed by atoms with Crippen LogP contribution in [0.4, 0.5) is 11.4 Å². The molecule has 22 heavy (non-hydrogen) atoms. The number of rotatable bonds is 2. The van der Waals surface area contributed by atoms with Gasteiger partial charge < -0.3 is 9.90 Å². The first-order valence-electron chi connectivity index (χ1n) is 5.80. The largest absolute Gasteiger partial charge is 1.00 e. The van der Waals surface area contributed by atoms with E-state index in [0.717, 1.165) is 18.3 Å². The van der Waals surface area contributed by atoms with Crippen molar-refractivity contribution in [3.8, 4) is 0 Å². The van der Waals surface area contributed by atoms with Gasteiger partial charge in [-0.25, -0.2) is 0 Å². The minimum atomic E-state index is -1.08. The van der Waals surface area contributed by atoms with Gasteiger partial charge in [-0.1, -0.05) is 36.4 Å². The predicted octanol–water partition coefficient (Wildman–Crippen LogP) is 0.738. The average molecular weight is 307 g/mol. The Kier molecular flexibility index (Phi) is 15.3. The van der Waals surface area contributed by atoms with E-state index in [1.54, 1.807) is 4.91 Å². The van der Waals surface area contributed by atoms with Gasteiger partial charge in [0.05, 0.1) is 11.4 Å².